The molecule has 0 bridgehead atoms. The first kappa shape index (κ1) is 12.7. The van der Waals surface area contributed by atoms with Crippen LogP contribution in [-0.2, 0) is 6.54 Å². The van der Waals surface area contributed by atoms with Crippen molar-refractivity contribution >= 4 is 27.4 Å². The van der Waals surface area contributed by atoms with Crippen LogP contribution in [0.1, 0.15) is 11.4 Å². The minimum Gasteiger partial charge on any atom is -0.308 e. The zero-order chi connectivity index (χ0) is 14.1. The lowest BCUT2D eigenvalue weighted by molar-refractivity contribution is 0.690. The highest BCUT2D eigenvalue weighted by Gasteiger charge is 2.09. The van der Waals surface area contributed by atoms with Gasteiger partial charge in [0.2, 0.25) is 0 Å². The molecule has 7 nitrogen and oxygen atoms in total. The van der Waals surface area contributed by atoms with Crippen LogP contribution in [0.3, 0.4) is 0 Å². The third-order valence-corrected chi connectivity index (χ3v) is 3.61. The van der Waals surface area contributed by atoms with Gasteiger partial charge in [-0.2, -0.15) is 0 Å². The van der Waals surface area contributed by atoms with Crippen LogP contribution in [0.2, 0.25) is 0 Å². The zero-order valence-electron chi connectivity index (χ0n) is 10.7. The molecule has 0 amide bonds. The Labute approximate surface area is 118 Å². The lowest BCUT2D eigenvalue weighted by Gasteiger charge is -2.07. The Morgan fingerprint density at radius 2 is 2.30 bits per heavy atom. The van der Waals surface area contributed by atoms with E-state index in [0.29, 0.717) is 11.6 Å². The molecule has 0 aliphatic rings. The molecule has 0 unspecified atom stereocenters. The molecule has 0 atom stereocenters. The highest BCUT2D eigenvalue weighted by molar-refractivity contribution is 7.16. The lowest BCUT2D eigenvalue weighted by atomic mass is 10.3. The molecule has 3 rings (SSSR count). The van der Waals surface area contributed by atoms with E-state index in [-0.39, 0.29) is 12.2 Å². The second kappa shape index (κ2) is 4.99. The van der Waals surface area contributed by atoms with Crippen molar-refractivity contribution in [2.45, 2.75) is 13.5 Å². The highest BCUT2D eigenvalue weighted by atomic mass is 32.1. The smallest absolute Gasteiger partial charge is 0.308 e. The summed E-state index contributed by atoms with van der Waals surface area (Å²) >= 11 is 1.50. The Balaban J connectivity index is 2.06. The predicted octanol–water partition coefficient (Wildman–Crippen LogP) is 0.890. The Morgan fingerprint density at radius 1 is 1.45 bits per heavy atom. The van der Waals surface area contributed by atoms with Crippen molar-refractivity contribution in [2.75, 3.05) is 5.43 Å². The number of hydrogen-bond acceptors (Lipinski definition) is 7. The number of nitrogens with two attached hydrogens (primary N) is 1. The molecule has 3 heterocycles. The maximum Gasteiger partial charge on any atom is 0.347 e. The molecule has 102 valence electrons. The van der Waals surface area contributed by atoms with Crippen molar-refractivity contribution in [3.05, 3.63) is 45.7 Å². The number of nitrogens with one attached hydrogen (secondary N) is 1. The van der Waals surface area contributed by atoms with E-state index in [1.807, 2.05) is 18.4 Å². The number of nitrogen functional groups attached to an aromatic ring is 1. The van der Waals surface area contributed by atoms with Gasteiger partial charge in [0.15, 0.2) is 11.6 Å². The van der Waals surface area contributed by atoms with E-state index < -0.39 is 0 Å². The summed E-state index contributed by atoms with van der Waals surface area (Å²) in [4.78, 5) is 25.1. The molecule has 3 N–H and O–H groups in total. The number of thiophene rings is 1. The Morgan fingerprint density at radius 3 is 3.10 bits per heavy atom. The van der Waals surface area contributed by atoms with Crippen LogP contribution in [0, 0.1) is 6.92 Å². The van der Waals surface area contributed by atoms with Crippen LogP contribution < -0.4 is 17.0 Å². The summed E-state index contributed by atoms with van der Waals surface area (Å²) in [5.74, 6) is 6.55. The number of anilines is 1. The predicted molar refractivity (Wildman–Crippen MR) is 77.6 cm³/mol. The second-order valence-corrected chi connectivity index (χ2v) is 5.21. The van der Waals surface area contributed by atoms with Crippen LogP contribution >= 0.6 is 11.3 Å². The lowest BCUT2D eigenvalue weighted by Crippen LogP contribution is -2.24. The molecular weight excluding hydrogens is 276 g/mol. The third kappa shape index (κ3) is 2.26. The van der Waals surface area contributed by atoms with Gasteiger partial charge in [-0.3, -0.25) is 4.57 Å². The van der Waals surface area contributed by atoms with E-state index >= 15 is 0 Å². The molecule has 3 aromatic rings. The average Bonchev–Trinajstić information content (AvgIpc) is 2.90. The van der Waals surface area contributed by atoms with Crippen molar-refractivity contribution in [3.8, 4) is 0 Å². The van der Waals surface area contributed by atoms with E-state index in [1.54, 1.807) is 6.20 Å². The van der Waals surface area contributed by atoms with Crippen LogP contribution in [0.25, 0.3) is 10.2 Å². The molecule has 0 fully saturated rings. The van der Waals surface area contributed by atoms with Crippen LogP contribution in [-0.4, -0.2) is 19.5 Å². The SMILES string of the molecule is Cc1cnc(=O)n(Cc2nc(NN)c3ccsc3n2)c1. The number of hydrogen-bond donors (Lipinski definition) is 2. The van der Waals surface area contributed by atoms with Gasteiger partial charge in [0.25, 0.3) is 0 Å². The van der Waals surface area contributed by atoms with Crippen molar-refractivity contribution in [1.29, 1.82) is 0 Å². The van der Waals surface area contributed by atoms with E-state index in [2.05, 4.69) is 20.4 Å². The summed E-state index contributed by atoms with van der Waals surface area (Å²) in [5, 5.41) is 2.79. The number of nitrogens with zero attached hydrogens (tertiary/aromatic N) is 4. The number of rotatable bonds is 3. The number of fused-ring (bicyclic) bond motifs is 1. The average molecular weight is 288 g/mol. The molecule has 3 aromatic heterocycles. The Kier molecular flexibility index (Phi) is 3.17. The molecule has 20 heavy (non-hydrogen) atoms. The van der Waals surface area contributed by atoms with Gasteiger partial charge >= 0.3 is 5.69 Å². The molecule has 0 radical (unpaired) electrons. The fraction of sp³-hybridized carbons (Fsp3) is 0.167. The molecule has 0 saturated heterocycles. The van der Waals surface area contributed by atoms with E-state index in [1.165, 1.54) is 22.1 Å². The van der Waals surface area contributed by atoms with Gasteiger partial charge in [0.05, 0.1) is 11.9 Å². The van der Waals surface area contributed by atoms with Crippen LogP contribution in [0.4, 0.5) is 5.82 Å². The van der Waals surface area contributed by atoms with Gasteiger partial charge in [-0.15, -0.1) is 11.3 Å². The fourth-order valence-corrected chi connectivity index (χ4v) is 2.69. The molecule has 0 saturated carbocycles. The molecular formula is C12H12N6OS. The van der Waals surface area contributed by atoms with Crippen molar-refractivity contribution in [3.63, 3.8) is 0 Å². The van der Waals surface area contributed by atoms with Gasteiger partial charge in [0, 0.05) is 12.4 Å². The summed E-state index contributed by atoms with van der Waals surface area (Å²) < 4.78 is 1.48. The quantitative estimate of drug-likeness (QED) is 0.548. The number of aromatic nitrogens is 4. The van der Waals surface area contributed by atoms with Crippen molar-refractivity contribution < 1.29 is 0 Å². The van der Waals surface area contributed by atoms with Gasteiger partial charge in [-0.05, 0) is 23.9 Å². The monoisotopic (exact) mass is 288 g/mol. The van der Waals surface area contributed by atoms with Gasteiger partial charge in [0.1, 0.15) is 4.83 Å². The summed E-state index contributed by atoms with van der Waals surface area (Å²) in [6.07, 6.45) is 3.27. The standard InChI is InChI=1S/C12H12N6OS/c1-7-4-14-12(19)18(5-7)6-9-15-10(17-13)8-2-3-20-11(8)16-9/h2-5H,6,13H2,1H3,(H,15,16,17). The summed E-state index contributed by atoms with van der Waals surface area (Å²) in [6.45, 7) is 2.13. The second-order valence-electron chi connectivity index (χ2n) is 4.31. The molecule has 0 spiro atoms. The molecule has 8 heteroatoms. The summed E-state index contributed by atoms with van der Waals surface area (Å²) in [6, 6.07) is 1.90. The molecule has 0 aliphatic heterocycles. The zero-order valence-corrected chi connectivity index (χ0v) is 11.5. The van der Waals surface area contributed by atoms with Crippen LogP contribution in [0.15, 0.2) is 28.6 Å². The van der Waals surface area contributed by atoms with E-state index in [4.69, 9.17) is 5.84 Å². The fourth-order valence-electron chi connectivity index (χ4n) is 1.91. The number of aryl methyl sites for hydroxylation is 1. The van der Waals surface area contributed by atoms with E-state index in [9.17, 15) is 4.79 Å². The summed E-state index contributed by atoms with van der Waals surface area (Å²) in [5.41, 5.74) is 3.14. The first-order valence-corrected chi connectivity index (χ1v) is 6.79. The van der Waals surface area contributed by atoms with Gasteiger partial charge in [-0.25, -0.2) is 25.6 Å². The summed E-state index contributed by atoms with van der Waals surface area (Å²) in [7, 11) is 0. The normalized spacial score (nSPS) is 10.9. The van der Waals surface area contributed by atoms with E-state index in [0.717, 1.165) is 15.8 Å². The molecule has 0 aliphatic carbocycles. The van der Waals surface area contributed by atoms with Crippen molar-refractivity contribution in [2.24, 2.45) is 5.84 Å². The topological polar surface area (TPSA) is 98.7 Å². The van der Waals surface area contributed by atoms with Gasteiger partial charge < -0.3 is 5.43 Å². The Hall–Kier alpha value is -2.32. The first-order chi connectivity index (χ1) is 9.67. The highest BCUT2D eigenvalue weighted by Crippen LogP contribution is 2.24. The maximum atomic E-state index is 11.7. The minimum absolute atomic E-state index is 0.260. The van der Waals surface area contributed by atoms with Gasteiger partial charge in [-0.1, -0.05) is 0 Å². The first-order valence-electron chi connectivity index (χ1n) is 5.91. The largest absolute Gasteiger partial charge is 0.347 e. The maximum absolute atomic E-state index is 11.7. The molecule has 0 aromatic carbocycles. The number of hydrazine groups is 1. The van der Waals surface area contributed by atoms with Crippen LogP contribution in [0.5, 0.6) is 0 Å². The minimum atomic E-state index is -0.326. The van der Waals surface area contributed by atoms with Crippen molar-refractivity contribution in [1.82, 2.24) is 19.5 Å². The Bertz CT molecular complexity index is 824. The third-order valence-electron chi connectivity index (χ3n) is 2.80.